The minimum Gasteiger partial charge on any atom is -0.457 e. The summed E-state index contributed by atoms with van der Waals surface area (Å²) in [6, 6.07) is 43.9. The van der Waals surface area contributed by atoms with Gasteiger partial charge in [-0.3, -0.25) is 0 Å². The first-order valence-electron chi connectivity index (χ1n) is 13.4. The minimum absolute atomic E-state index is 0.114. The standard InChI is InChI=1S/C37H26OS/c1-37(2)31-15-6-7-16-33(31)38-34-22-23(18-21-32(34)37)24-19-20-27(26-11-4-3-10-25(24)26)29-13-9-14-30-28-12-5-8-17-35(28)39-36(29)30/h3-22H,1-2H3. The molecule has 2 heteroatoms. The van der Waals surface area contributed by atoms with Crippen LogP contribution in [0, 0.1) is 0 Å². The first-order valence-corrected chi connectivity index (χ1v) is 14.3. The van der Waals surface area contributed by atoms with Crippen molar-refractivity contribution in [3.8, 4) is 33.8 Å². The largest absolute Gasteiger partial charge is 0.457 e. The number of ether oxygens (including phenoxy) is 1. The Hall–Kier alpha value is -4.40. The summed E-state index contributed by atoms with van der Waals surface area (Å²) in [5.74, 6) is 1.89. The molecule has 1 aliphatic heterocycles. The van der Waals surface area contributed by atoms with E-state index < -0.39 is 0 Å². The molecular weight excluding hydrogens is 492 g/mol. The van der Waals surface area contributed by atoms with Gasteiger partial charge in [0.1, 0.15) is 11.5 Å². The van der Waals surface area contributed by atoms with Gasteiger partial charge in [0.25, 0.3) is 0 Å². The van der Waals surface area contributed by atoms with Crippen molar-refractivity contribution in [2.75, 3.05) is 0 Å². The highest BCUT2D eigenvalue weighted by atomic mass is 32.1. The number of hydrogen-bond donors (Lipinski definition) is 0. The first-order chi connectivity index (χ1) is 19.1. The topological polar surface area (TPSA) is 9.23 Å². The van der Waals surface area contributed by atoms with Crippen LogP contribution in [0.5, 0.6) is 11.5 Å². The second kappa shape index (κ2) is 8.30. The highest BCUT2D eigenvalue weighted by Crippen LogP contribution is 2.49. The van der Waals surface area contributed by atoms with Gasteiger partial charge in [-0.25, -0.2) is 0 Å². The molecule has 186 valence electrons. The maximum Gasteiger partial charge on any atom is 0.132 e. The highest BCUT2D eigenvalue weighted by molar-refractivity contribution is 7.26. The zero-order chi connectivity index (χ0) is 26.1. The van der Waals surface area contributed by atoms with E-state index in [4.69, 9.17) is 4.74 Å². The first kappa shape index (κ1) is 22.6. The number of hydrogen-bond acceptors (Lipinski definition) is 2. The van der Waals surface area contributed by atoms with Crippen molar-refractivity contribution in [1.82, 2.24) is 0 Å². The third-order valence-corrected chi connectivity index (χ3v) is 9.58. The molecule has 0 atom stereocenters. The zero-order valence-electron chi connectivity index (χ0n) is 21.9. The quantitative estimate of drug-likeness (QED) is 0.221. The average molecular weight is 519 g/mol. The Balaban J connectivity index is 1.31. The number of thiophene rings is 1. The predicted molar refractivity (Wildman–Crippen MR) is 166 cm³/mol. The Bertz CT molecular complexity index is 2080. The van der Waals surface area contributed by atoms with E-state index in [0.29, 0.717) is 0 Å². The lowest BCUT2D eigenvalue weighted by molar-refractivity contribution is 0.418. The Morgan fingerprint density at radius 3 is 2.05 bits per heavy atom. The molecule has 0 N–H and O–H groups in total. The van der Waals surface area contributed by atoms with Crippen LogP contribution in [0.4, 0.5) is 0 Å². The molecule has 7 aromatic rings. The van der Waals surface area contributed by atoms with Crippen LogP contribution in [0.2, 0.25) is 0 Å². The van der Waals surface area contributed by atoms with Gasteiger partial charge >= 0.3 is 0 Å². The molecule has 0 fully saturated rings. The molecule has 1 nitrogen and oxygen atoms in total. The normalized spacial score (nSPS) is 13.8. The molecule has 0 saturated carbocycles. The minimum atomic E-state index is -0.114. The Kier molecular flexibility index (Phi) is 4.80. The van der Waals surface area contributed by atoms with E-state index in [1.54, 1.807) is 0 Å². The fourth-order valence-electron chi connectivity index (χ4n) is 6.37. The zero-order valence-corrected chi connectivity index (χ0v) is 22.7. The smallest absolute Gasteiger partial charge is 0.132 e. The molecule has 0 bridgehead atoms. The summed E-state index contributed by atoms with van der Waals surface area (Å²) in [6.07, 6.45) is 0. The second-order valence-electron chi connectivity index (χ2n) is 10.9. The van der Waals surface area contributed by atoms with Gasteiger partial charge in [-0.05, 0) is 45.7 Å². The Labute approximate surface area is 231 Å². The summed E-state index contributed by atoms with van der Waals surface area (Å²) in [4.78, 5) is 0. The van der Waals surface area contributed by atoms with Crippen molar-refractivity contribution in [2.45, 2.75) is 19.3 Å². The molecule has 0 aliphatic carbocycles. The van der Waals surface area contributed by atoms with E-state index in [-0.39, 0.29) is 5.41 Å². The molecule has 0 spiro atoms. The summed E-state index contributed by atoms with van der Waals surface area (Å²) in [5, 5.41) is 5.18. The van der Waals surface area contributed by atoms with Crippen LogP contribution in [0.3, 0.4) is 0 Å². The number of fused-ring (bicyclic) bond motifs is 6. The molecule has 8 rings (SSSR count). The van der Waals surface area contributed by atoms with Crippen molar-refractivity contribution in [2.24, 2.45) is 0 Å². The molecule has 0 unspecified atom stereocenters. The van der Waals surface area contributed by atoms with Crippen molar-refractivity contribution >= 4 is 42.3 Å². The van der Waals surface area contributed by atoms with Crippen LogP contribution in [0.1, 0.15) is 25.0 Å². The molecule has 2 heterocycles. The van der Waals surface area contributed by atoms with E-state index in [2.05, 4.69) is 129 Å². The molecule has 0 radical (unpaired) electrons. The second-order valence-corrected chi connectivity index (χ2v) is 12.0. The van der Waals surface area contributed by atoms with E-state index in [1.807, 2.05) is 17.4 Å². The molecule has 1 aliphatic rings. The number of benzene rings is 6. The van der Waals surface area contributed by atoms with Gasteiger partial charge in [-0.15, -0.1) is 11.3 Å². The van der Waals surface area contributed by atoms with Crippen LogP contribution in [-0.4, -0.2) is 0 Å². The average Bonchev–Trinajstić information content (AvgIpc) is 3.35. The number of rotatable bonds is 2. The van der Waals surface area contributed by atoms with E-state index in [9.17, 15) is 0 Å². The highest BCUT2D eigenvalue weighted by Gasteiger charge is 2.34. The summed E-state index contributed by atoms with van der Waals surface area (Å²) < 4.78 is 9.14. The lowest BCUT2D eigenvalue weighted by Gasteiger charge is -2.34. The van der Waals surface area contributed by atoms with Crippen molar-refractivity contribution < 1.29 is 4.74 Å². The third-order valence-electron chi connectivity index (χ3n) is 8.36. The summed E-state index contributed by atoms with van der Waals surface area (Å²) in [7, 11) is 0. The molecule has 39 heavy (non-hydrogen) atoms. The predicted octanol–water partition coefficient (Wildman–Crippen LogP) is 11.0. The fourth-order valence-corrected chi connectivity index (χ4v) is 7.60. The summed E-state index contributed by atoms with van der Waals surface area (Å²) >= 11 is 1.89. The van der Waals surface area contributed by atoms with Gasteiger partial charge in [0.15, 0.2) is 0 Å². The third kappa shape index (κ3) is 3.32. The van der Waals surface area contributed by atoms with Crippen LogP contribution < -0.4 is 4.74 Å². The SMILES string of the molecule is CC1(C)c2ccccc2Oc2cc(-c3ccc(-c4cccc5c4sc4ccccc45)c4ccccc34)ccc21. The van der Waals surface area contributed by atoms with Crippen molar-refractivity contribution in [3.63, 3.8) is 0 Å². The summed E-state index contributed by atoms with van der Waals surface area (Å²) in [6.45, 7) is 4.57. The van der Waals surface area contributed by atoms with Gasteiger partial charge in [-0.1, -0.05) is 117 Å². The van der Waals surface area contributed by atoms with Gasteiger partial charge in [-0.2, -0.15) is 0 Å². The summed E-state index contributed by atoms with van der Waals surface area (Å²) in [5.41, 5.74) is 7.31. The van der Waals surface area contributed by atoms with Crippen LogP contribution in [0.25, 0.3) is 53.2 Å². The number of para-hydroxylation sites is 1. The Morgan fingerprint density at radius 2 is 1.18 bits per heavy atom. The van der Waals surface area contributed by atoms with Crippen LogP contribution in [0.15, 0.2) is 121 Å². The van der Waals surface area contributed by atoms with Crippen molar-refractivity contribution in [1.29, 1.82) is 0 Å². The van der Waals surface area contributed by atoms with Gasteiger partial charge in [0.05, 0.1) is 0 Å². The fraction of sp³-hybridized carbons (Fsp3) is 0.0811. The van der Waals surface area contributed by atoms with Crippen molar-refractivity contribution in [3.05, 3.63) is 132 Å². The van der Waals surface area contributed by atoms with Gasteiger partial charge < -0.3 is 4.74 Å². The molecule has 1 aromatic heterocycles. The molecule has 6 aromatic carbocycles. The lowest BCUT2D eigenvalue weighted by Crippen LogP contribution is -2.24. The Morgan fingerprint density at radius 1 is 0.513 bits per heavy atom. The monoisotopic (exact) mass is 518 g/mol. The molecule has 0 saturated heterocycles. The van der Waals surface area contributed by atoms with Gasteiger partial charge in [0, 0.05) is 42.3 Å². The van der Waals surface area contributed by atoms with E-state index in [1.165, 1.54) is 64.3 Å². The molecule has 0 amide bonds. The van der Waals surface area contributed by atoms with Crippen LogP contribution >= 0.6 is 11.3 Å². The maximum absolute atomic E-state index is 6.46. The van der Waals surface area contributed by atoms with E-state index in [0.717, 1.165) is 11.5 Å². The van der Waals surface area contributed by atoms with Gasteiger partial charge in [0.2, 0.25) is 0 Å². The lowest BCUT2D eigenvalue weighted by atomic mass is 9.75. The molecular formula is C37H26OS. The van der Waals surface area contributed by atoms with E-state index >= 15 is 0 Å². The van der Waals surface area contributed by atoms with Crippen LogP contribution in [-0.2, 0) is 5.41 Å². The maximum atomic E-state index is 6.46.